The molecule has 0 saturated heterocycles. The van der Waals surface area contributed by atoms with Crippen LogP contribution in [0.1, 0.15) is 42.4 Å². The van der Waals surface area contributed by atoms with Gasteiger partial charge in [0.2, 0.25) is 11.8 Å². The lowest BCUT2D eigenvalue weighted by atomic mass is 10.1. The van der Waals surface area contributed by atoms with E-state index in [-0.39, 0.29) is 17.9 Å². The van der Waals surface area contributed by atoms with Gasteiger partial charge in [0.1, 0.15) is 6.10 Å². The van der Waals surface area contributed by atoms with E-state index in [1.54, 1.807) is 23.2 Å². The maximum absolute atomic E-state index is 12.5. The number of benzene rings is 1. The van der Waals surface area contributed by atoms with Gasteiger partial charge < -0.3 is 15.0 Å². The molecule has 1 atom stereocenters. The van der Waals surface area contributed by atoms with Crippen molar-refractivity contribution in [1.82, 2.24) is 4.90 Å². The third-order valence-electron chi connectivity index (χ3n) is 4.55. The van der Waals surface area contributed by atoms with Crippen LogP contribution in [-0.4, -0.2) is 29.9 Å². The molecule has 0 bridgehead atoms. The average Bonchev–Trinajstić information content (AvgIpc) is 3.09. The number of carbonyl (C=O) groups excluding carboxylic acids is 2. The van der Waals surface area contributed by atoms with Gasteiger partial charge in [-0.05, 0) is 48.1 Å². The molecule has 138 valence electrons. The quantitative estimate of drug-likeness (QED) is 0.840. The van der Waals surface area contributed by atoms with E-state index in [1.807, 2.05) is 31.2 Å². The Morgan fingerprint density at radius 3 is 2.96 bits per heavy atom. The third-order valence-corrected chi connectivity index (χ3v) is 5.60. The van der Waals surface area contributed by atoms with Crippen molar-refractivity contribution in [2.75, 3.05) is 18.5 Å². The highest BCUT2D eigenvalue weighted by Gasteiger charge is 2.24. The fraction of sp³-hybridized carbons (Fsp3) is 0.400. The van der Waals surface area contributed by atoms with Crippen molar-refractivity contribution in [3.63, 3.8) is 0 Å². The van der Waals surface area contributed by atoms with Gasteiger partial charge in [0, 0.05) is 30.6 Å². The molecule has 1 aliphatic rings. The van der Waals surface area contributed by atoms with E-state index in [2.05, 4.69) is 16.8 Å². The van der Waals surface area contributed by atoms with Crippen molar-refractivity contribution in [2.45, 2.75) is 39.3 Å². The molecule has 3 rings (SSSR count). The minimum Gasteiger partial charge on any atom is -0.372 e. The summed E-state index contributed by atoms with van der Waals surface area (Å²) in [6, 6.07) is 9.76. The second-order valence-corrected chi connectivity index (χ2v) is 7.35. The first-order chi connectivity index (χ1) is 12.6. The second kappa shape index (κ2) is 8.47. The molecule has 0 saturated carbocycles. The highest BCUT2D eigenvalue weighted by molar-refractivity contribution is 7.10. The van der Waals surface area contributed by atoms with Crippen LogP contribution < -0.4 is 5.32 Å². The second-order valence-electron chi connectivity index (χ2n) is 6.41. The van der Waals surface area contributed by atoms with Gasteiger partial charge in [-0.15, -0.1) is 11.3 Å². The van der Waals surface area contributed by atoms with Gasteiger partial charge in [-0.25, -0.2) is 0 Å². The lowest BCUT2D eigenvalue weighted by molar-refractivity contribution is -0.129. The number of nitrogens with zero attached hydrogens (tertiary/aromatic N) is 1. The smallest absolute Gasteiger partial charge is 0.227 e. The molecule has 0 aliphatic carbocycles. The fourth-order valence-electron chi connectivity index (χ4n) is 3.17. The van der Waals surface area contributed by atoms with Gasteiger partial charge in [-0.1, -0.05) is 12.1 Å². The Kier molecular flexibility index (Phi) is 6.06. The molecular formula is C20H24N2O3S. The van der Waals surface area contributed by atoms with Crippen molar-refractivity contribution < 1.29 is 14.3 Å². The maximum Gasteiger partial charge on any atom is 0.227 e. The Labute approximate surface area is 158 Å². The molecule has 1 N–H and O–H groups in total. The summed E-state index contributed by atoms with van der Waals surface area (Å²) in [6.07, 6.45) is 1.07. The molecule has 0 spiro atoms. The Hall–Kier alpha value is -2.18. The molecule has 26 heavy (non-hydrogen) atoms. The number of thiophene rings is 1. The summed E-state index contributed by atoms with van der Waals surface area (Å²) in [5.41, 5.74) is 3.04. The van der Waals surface area contributed by atoms with E-state index < -0.39 is 0 Å². The summed E-state index contributed by atoms with van der Waals surface area (Å²) in [5, 5.41) is 5.01. The number of hydrogen-bond acceptors (Lipinski definition) is 4. The number of rotatable bonds is 6. The van der Waals surface area contributed by atoms with Crippen LogP contribution in [0.3, 0.4) is 0 Å². The Morgan fingerprint density at radius 2 is 2.19 bits per heavy atom. The normalized spacial score (nSPS) is 16.0. The number of amides is 2. The molecule has 0 radical (unpaired) electrons. The highest BCUT2D eigenvalue weighted by atomic mass is 32.1. The molecule has 2 heterocycles. The Morgan fingerprint density at radius 1 is 1.35 bits per heavy atom. The van der Waals surface area contributed by atoms with Gasteiger partial charge in [-0.2, -0.15) is 0 Å². The molecule has 5 nitrogen and oxygen atoms in total. The number of hydrogen-bond donors (Lipinski definition) is 1. The van der Waals surface area contributed by atoms with Crippen LogP contribution in [0, 0.1) is 0 Å². The fourth-order valence-corrected chi connectivity index (χ4v) is 4.17. The average molecular weight is 372 g/mol. The van der Waals surface area contributed by atoms with Crippen LogP contribution in [0.5, 0.6) is 0 Å². The van der Waals surface area contributed by atoms with Crippen LogP contribution in [0.15, 0.2) is 35.7 Å². The number of ether oxygens (including phenoxy) is 1. The van der Waals surface area contributed by atoms with Gasteiger partial charge in [0.15, 0.2) is 0 Å². The molecule has 6 heteroatoms. The first-order valence-corrected chi connectivity index (χ1v) is 9.77. The Balaban J connectivity index is 1.62. The van der Waals surface area contributed by atoms with Crippen molar-refractivity contribution in [3.05, 3.63) is 51.7 Å². The third kappa shape index (κ3) is 4.51. The standard InChI is InChI=1S/C20H24N2O3S/c1-3-22(14(2)23)13-15-5-4-6-17(11-15)21-19(24)12-18-20-16(7-9-25-18)8-10-26-20/h4-6,8,10-11,18H,3,7,9,12-13H2,1-2H3,(H,21,24). The number of fused-ring (bicyclic) bond motifs is 1. The summed E-state index contributed by atoms with van der Waals surface area (Å²) < 4.78 is 5.79. The van der Waals surface area contributed by atoms with Crippen molar-refractivity contribution in [2.24, 2.45) is 0 Å². The molecule has 1 unspecified atom stereocenters. The lowest BCUT2D eigenvalue weighted by Crippen LogP contribution is -2.27. The number of anilines is 1. The van der Waals surface area contributed by atoms with E-state index in [1.165, 1.54) is 10.4 Å². The predicted molar refractivity (Wildman–Crippen MR) is 103 cm³/mol. The minimum absolute atomic E-state index is 0.0446. The maximum atomic E-state index is 12.5. The Bertz CT molecular complexity index is 787. The largest absolute Gasteiger partial charge is 0.372 e. The summed E-state index contributed by atoms with van der Waals surface area (Å²) in [4.78, 5) is 27.0. The van der Waals surface area contributed by atoms with Gasteiger partial charge in [0.05, 0.1) is 13.0 Å². The van der Waals surface area contributed by atoms with Crippen molar-refractivity contribution in [3.8, 4) is 0 Å². The first-order valence-electron chi connectivity index (χ1n) is 8.89. The van der Waals surface area contributed by atoms with Gasteiger partial charge >= 0.3 is 0 Å². The molecule has 0 fully saturated rings. The van der Waals surface area contributed by atoms with E-state index in [4.69, 9.17) is 4.74 Å². The van der Waals surface area contributed by atoms with Crippen LogP contribution in [-0.2, 0) is 27.3 Å². The monoisotopic (exact) mass is 372 g/mol. The molecular weight excluding hydrogens is 348 g/mol. The minimum atomic E-state index is -0.157. The molecule has 2 amide bonds. The van der Waals surface area contributed by atoms with Crippen LogP contribution >= 0.6 is 11.3 Å². The zero-order valence-electron chi connectivity index (χ0n) is 15.2. The van der Waals surface area contributed by atoms with Gasteiger partial charge in [0.25, 0.3) is 0 Å². The highest BCUT2D eigenvalue weighted by Crippen LogP contribution is 2.34. The van der Waals surface area contributed by atoms with E-state index >= 15 is 0 Å². The number of nitrogens with one attached hydrogen (secondary N) is 1. The predicted octanol–water partition coefficient (Wildman–Crippen LogP) is 3.76. The van der Waals surface area contributed by atoms with Crippen molar-refractivity contribution >= 4 is 28.8 Å². The van der Waals surface area contributed by atoms with Crippen LogP contribution in [0.4, 0.5) is 5.69 Å². The van der Waals surface area contributed by atoms with Crippen LogP contribution in [0.25, 0.3) is 0 Å². The molecule has 1 aliphatic heterocycles. The summed E-state index contributed by atoms with van der Waals surface area (Å²) >= 11 is 1.65. The molecule has 1 aromatic carbocycles. The molecule has 2 aromatic rings. The first kappa shape index (κ1) is 18.6. The SMILES string of the molecule is CCN(Cc1cccc(NC(=O)CC2OCCc3ccsc32)c1)C(C)=O. The van der Waals surface area contributed by atoms with E-state index in [0.717, 1.165) is 17.7 Å². The summed E-state index contributed by atoms with van der Waals surface area (Å²) in [7, 11) is 0. The summed E-state index contributed by atoms with van der Waals surface area (Å²) in [6.45, 7) is 5.39. The van der Waals surface area contributed by atoms with Crippen molar-refractivity contribution in [1.29, 1.82) is 0 Å². The zero-order valence-corrected chi connectivity index (χ0v) is 16.0. The van der Waals surface area contributed by atoms with E-state index in [9.17, 15) is 9.59 Å². The number of carbonyl (C=O) groups is 2. The van der Waals surface area contributed by atoms with Crippen LogP contribution in [0.2, 0.25) is 0 Å². The lowest BCUT2D eigenvalue weighted by Gasteiger charge is -2.23. The van der Waals surface area contributed by atoms with Gasteiger partial charge in [-0.3, -0.25) is 9.59 Å². The topological polar surface area (TPSA) is 58.6 Å². The van der Waals surface area contributed by atoms with E-state index in [0.29, 0.717) is 26.1 Å². The molecule has 1 aromatic heterocycles. The summed E-state index contributed by atoms with van der Waals surface area (Å²) in [5.74, 6) is -0.0181. The zero-order chi connectivity index (χ0) is 18.5.